The average molecular weight is 451 g/mol. The topological polar surface area (TPSA) is 93.0 Å². The maximum Gasteiger partial charge on any atom is 0.240 e. The van der Waals surface area contributed by atoms with Crippen LogP contribution in [0.25, 0.3) is 22.4 Å². The highest BCUT2D eigenvalue weighted by Gasteiger charge is 2.35. The van der Waals surface area contributed by atoms with Crippen molar-refractivity contribution in [1.82, 2.24) is 15.3 Å². The highest BCUT2D eigenvalue weighted by Crippen LogP contribution is 2.23. The summed E-state index contributed by atoms with van der Waals surface area (Å²) >= 11 is 0. The number of aryl methyl sites for hydroxylation is 2. The van der Waals surface area contributed by atoms with E-state index in [-0.39, 0.29) is 30.7 Å². The van der Waals surface area contributed by atoms with E-state index in [1.54, 1.807) is 0 Å². The normalized spacial score (nSPS) is 15.2. The zero-order chi connectivity index (χ0) is 19.7. The lowest BCUT2D eigenvalue weighted by molar-refractivity contribution is -0.129. The van der Waals surface area contributed by atoms with Gasteiger partial charge in [0.05, 0.1) is 16.6 Å². The Morgan fingerprint density at radius 3 is 2.43 bits per heavy atom. The van der Waals surface area contributed by atoms with Gasteiger partial charge >= 0.3 is 0 Å². The number of amides is 1. The van der Waals surface area contributed by atoms with Gasteiger partial charge in [-0.1, -0.05) is 24.3 Å². The number of imidazole rings is 1. The molecule has 1 saturated heterocycles. The molecule has 1 amide bonds. The molecule has 0 radical (unpaired) electrons. The first-order valence-electron chi connectivity index (χ1n) is 9.66. The minimum atomic E-state index is -0.817. The van der Waals surface area contributed by atoms with Crippen LogP contribution in [0.2, 0.25) is 0 Å². The number of nitrogens with zero attached hydrogens (tertiary/aromatic N) is 1. The maximum absolute atomic E-state index is 12.4. The fraction of sp³-hybridized carbons (Fsp3) is 0.364. The van der Waals surface area contributed by atoms with Gasteiger partial charge in [-0.15, -0.1) is 24.8 Å². The van der Waals surface area contributed by atoms with Crippen LogP contribution < -0.4 is 11.1 Å². The lowest BCUT2D eigenvalue weighted by Gasteiger charge is -2.31. The van der Waals surface area contributed by atoms with Gasteiger partial charge in [0, 0.05) is 25.3 Å². The number of halogens is 2. The smallest absolute Gasteiger partial charge is 0.240 e. The fourth-order valence-corrected chi connectivity index (χ4v) is 3.51. The number of carbonyl (C=O) groups excluding carboxylic acids is 1. The average Bonchev–Trinajstić information content (AvgIpc) is 3.10. The summed E-state index contributed by atoms with van der Waals surface area (Å²) in [7, 11) is 0. The first kappa shape index (κ1) is 24.2. The summed E-state index contributed by atoms with van der Waals surface area (Å²) in [5.41, 5.74) is 11.9. The quantitative estimate of drug-likeness (QED) is 0.563. The van der Waals surface area contributed by atoms with Crippen molar-refractivity contribution in [2.75, 3.05) is 13.2 Å². The van der Waals surface area contributed by atoms with Crippen LogP contribution in [0.5, 0.6) is 0 Å². The molecule has 162 valence electrons. The van der Waals surface area contributed by atoms with Gasteiger partial charge in [-0.3, -0.25) is 4.79 Å². The molecule has 1 fully saturated rings. The summed E-state index contributed by atoms with van der Waals surface area (Å²) in [6, 6.07) is 12.3. The molecule has 0 aliphatic carbocycles. The molecule has 2 heterocycles. The van der Waals surface area contributed by atoms with E-state index < -0.39 is 5.54 Å². The van der Waals surface area contributed by atoms with E-state index in [4.69, 9.17) is 15.5 Å². The number of aromatic nitrogens is 2. The molecule has 0 unspecified atom stereocenters. The van der Waals surface area contributed by atoms with Gasteiger partial charge in [0.1, 0.15) is 5.82 Å². The number of ether oxygens (including phenoxy) is 1. The van der Waals surface area contributed by atoms with Crippen molar-refractivity contribution in [2.24, 2.45) is 5.73 Å². The SMILES string of the molecule is Cc1cc2nc(-c3ccc(CNC(=O)C4(N)CCOCC4)cc3)[nH]c2cc1C.Cl.Cl. The third-order valence-corrected chi connectivity index (χ3v) is 5.62. The van der Waals surface area contributed by atoms with E-state index >= 15 is 0 Å². The van der Waals surface area contributed by atoms with Gasteiger partial charge < -0.3 is 20.8 Å². The lowest BCUT2D eigenvalue weighted by atomic mass is 9.90. The van der Waals surface area contributed by atoms with E-state index in [9.17, 15) is 4.79 Å². The Balaban J connectivity index is 0.00000160. The maximum atomic E-state index is 12.4. The molecule has 8 heteroatoms. The van der Waals surface area contributed by atoms with Crippen LogP contribution in [-0.4, -0.2) is 34.6 Å². The van der Waals surface area contributed by atoms with Gasteiger partial charge in [-0.2, -0.15) is 0 Å². The Bertz CT molecular complexity index is 973. The molecule has 2 aromatic carbocycles. The van der Waals surface area contributed by atoms with E-state index in [0.29, 0.717) is 32.6 Å². The molecule has 0 bridgehead atoms. The highest BCUT2D eigenvalue weighted by atomic mass is 35.5. The summed E-state index contributed by atoms with van der Waals surface area (Å²) in [4.78, 5) is 20.5. The van der Waals surface area contributed by atoms with Crippen molar-refractivity contribution >= 4 is 41.8 Å². The minimum Gasteiger partial charge on any atom is -0.381 e. The molecule has 30 heavy (non-hydrogen) atoms. The van der Waals surface area contributed by atoms with Crippen molar-refractivity contribution in [3.63, 3.8) is 0 Å². The van der Waals surface area contributed by atoms with Crippen LogP contribution in [0, 0.1) is 13.8 Å². The zero-order valence-corrected chi connectivity index (χ0v) is 18.8. The number of rotatable bonds is 4. The third-order valence-electron chi connectivity index (χ3n) is 5.62. The van der Waals surface area contributed by atoms with Crippen LogP contribution in [0.3, 0.4) is 0 Å². The Morgan fingerprint density at radius 1 is 1.13 bits per heavy atom. The summed E-state index contributed by atoms with van der Waals surface area (Å²) in [5, 5.41) is 2.96. The van der Waals surface area contributed by atoms with Crippen LogP contribution >= 0.6 is 24.8 Å². The largest absolute Gasteiger partial charge is 0.381 e. The molecule has 4 N–H and O–H groups in total. The van der Waals surface area contributed by atoms with Crippen molar-refractivity contribution in [3.05, 3.63) is 53.1 Å². The standard InChI is InChI=1S/C22H26N4O2.2ClH/c1-14-11-18-19(12-15(14)2)26-20(25-18)17-5-3-16(4-6-17)13-24-21(27)22(23)7-9-28-10-8-22;;/h3-6,11-12H,7-10,13,23H2,1-2H3,(H,24,27)(H,25,26);2*1H. The van der Waals surface area contributed by atoms with Crippen molar-refractivity contribution < 1.29 is 9.53 Å². The Morgan fingerprint density at radius 2 is 1.77 bits per heavy atom. The van der Waals surface area contributed by atoms with E-state index in [0.717, 1.165) is 28.0 Å². The van der Waals surface area contributed by atoms with Gasteiger partial charge in [0.25, 0.3) is 0 Å². The van der Waals surface area contributed by atoms with Crippen molar-refractivity contribution in [3.8, 4) is 11.4 Å². The fourth-order valence-electron chi connectivity index (χ4n) is 3.51. The number of nitrogens with one attached hydrogen (secondary N) is 2. The molecule has 1 aliphatic heterocycles. The molecule has 0 spiro atoms. The first-order chi connectivity index (χ1) is 13.4. The van der Waals surface area contributed by atoms with E-state index in [2.05, 4.69) is 36.3 Å². The van der Waals surface area contributed by atoms with Crippen molar-refractivity contribution in [1.29, 1.82) is 0 Å². The number of hydrogen-bond acceptors (Lipinski definition) is 4. The number of fused-ring (bicyclic) bond motifs is 1. The molecule has 0 saturated carbocycles. The third kappa shape index (κ3) is 4.95. The van der Waals surface area contributed by atoms with Crippen LogP contribution in [0.4, 0.5) is 0 Å². The molecule has 1 aliphatic rings. The van der Waals surface area contributed by atoms with Crippen LogP contribution in [0.15, 0.2) is 36.4 Å². The second-order valence-corrected chi connectivity index (χ2v) is 7.69. The number of nitrogens with two attached hydrogens (primary N) is 1. The highest BCUT2D eigenvalue weighted by molar-refractivity contribution is 5.86. The Labute approximate surface area is 188 Å². The van der Waals surface area contributed by atoms with Crippen molar-refractivity contribution in [2.45, 2.75) is 38.8 Å². The molecular formula is C22H28Cl2N4O2. The summed E-state index contributed by atoms with van der Waals surface area (Å²) < 4.78 is 5.30. The van der Waals surface area contributed by atoms with Gasteiger partial charge in [0.2, 0.25) is 5.91 Å². The summed E-state index contributed by atoms with van der Waals surface area (Å²) in [5.74, 6) is 0.738. The van der Waals surface area contributed by atoms with Crippen LogP contribution in [-0.2, 0) is 16.1 Å². The number of carbonyl (C=O) groups is 1. The molecule has 1 aromatic heterocycles. The molecule has 3 aromatic rings. The van der Waals surface area contributed by atoms with E-state index in [1.165, 1.54) is 11.1 Å². The Hall–Kier alpha value is -2.12. The second-order valence-electron chi connectivity index (χ2n) is 7.69. The van der Waals surface area contributed by atoms with Gasteiger partial charge in [-0.05, 0) is 55.5 Å². The Kier molecular flexibility index (Phi) is 7.88. The molecule has 6 nitrogen and oxygen atoms in total. The monoisotopic (exact) mass is 450 g/mol. The van der Waals surface area contributed by atoms with Crippen LogP contribution in [0.1, 0.15) is 29.5 Å². The minimum absolute atomic E-state index is 0. The van der Waals surface area contributed by atoms with Gasteiger partial charge in [-0.25, -0.2) is 4.98 Å². The molecule has 0 atom stereocenters. The number of benzene rings is 2. The lowest BCUT2D eigenvalue weighted by Crippen LogP contribution is -2.56. The second kappa shape index (κ2) is 9.79. The number of H-pyrrole nitrogens is 1. The van der Waals surface area contributed by atoms with E-state index in [1.807, 2.05) is 24.3 Å². The number of hydrogen-bond donors (Lipinski definition) is 3. The summed E-state index contributed by atoms with van der Waals surface area (Å²) in [6.07, 6.45) is 1.12. The predicted molar refractivity (Wildman–Crippen MR) is 124 cm³/mol. The molecular weight excluding hydrogens is 423 g/mol. The first-order valence-corrected chi connectivity index (χ1v) is 9.66. The molecule has 4 rings (SSSR count). The zero-order valence-electron chi connectivity index (χ0n) is 17.2. The summed E-state index contributed by atoms with van der Waals surface area (Å²) in [6.45, 7) is 5.73. The van der Waals surface area contributed by atoms with Gasteiger partial charge in [0.15, 0.2) is 0 Å². The number of aromatic amines is 1. The predicted octanol–water partition coefficient (Wildman–Crippen LogP) is 3.81.